The van der Waals surface area contributed by atoms with Crippen molar-refractivity contribution in [3.8, 4) is 5.69 Å². The van der Waals surface area contributed by atoms with Gasteiger partial charge in [-0.25, -0.2) is 4.39 Å². The SMILES string of the molecule is Cc1ccccc1N1c2cccc3c2B(c2ccc4c5cc6ccccc6cc5n(-c5ccccc5)c4c2N3c2ccccc2F)c2c1ccc1ccsc21. The van der Waals surface area contributed by atoms with Crippen LogP contribution in [0.25, 0.3) is 48.4 Å². The average molecular weight is 724 g/mol. The quantitative estimate of drug-likeness (QED) is 0.168. The molecule has 0 bridgehead atoms. The van der Waals surface area contributed by atoms with Crippen LogP contribution in [0, 0.1) is 12.7 Å². The molecular formula is C49H31BFN3S. The molecule has 2 aromatic heterocycles. The highest BCUT2D eigenvalue weighted by Gasteiger charge is 2.46. The van der Waals surface area contributed by atoms with Crippen molar-refractivity contribution in [1.82, 2.24) is 4.57 Å². The van der Waals surface area contributed by atoms with Crippen LogP contribution in [0.4, 0.5) is 38.5 Å². The van der Waals surface area contributed by atoms with Crippen molar-refractivity contribution < 1.29 is 4.39 Å². The van der Waals surface area contributed by atoms with Gasteiger partial charge in [-0.3, -0.25) is 0 Å². The van der Waals surface area contributed by atoms with Gasteiger partial charge in [0.25, 0.3) is 6.71 Å². The van der Waals surface area contributed by atoms with Crippen molar-refractivity contribution in [1.29, 1.82) is 0 Å². The monoisotopic (exact) mass is 723 g/mol. The largest absolute Gasteiger partial charge is 0.311 e. The summed E-state index contributed by atoms with van der Waals surface area (Å²) in [5.74, 6) is -0.262. The number of rotatable bonds is 3. The van der Waals surface area contributed by atoms with Crippen LogP contribution in [0.1, 0.15) is 5.56 Å². The Balaban J connectivity index is 1.29. The van der Waals surface area contributed by atoms with Gasteiger partial charge in [-0.05, 0) is 117 Å². The van der Waals surface area contributed by atoms with Gasteiger partial charge in [0.2, 0.25) is 0 Å². The van der Waals surface area contributed by atoms with E-state index in [4.69, 9.17) is 0 Å². The normalized spacial score (nSPS) is 13.2. The molecule has 8 aromatic carbocycles. The van der Waals surface area contributed by atoms with Crippen LogP contribution in [-0.4, -0.2) is 11.3 Å². The number of thiophene rings is 1. The third kappa shape index (κ3) is 4.20. The van der Waals surface area contributed by atoms with Crippen LogP contribution in [0.3, 0.4) is 0 Å². The molecule has 0 unspecified atom stereocenters. The Bertz CT molecular complexity index is 3220. The van der Waals surface area contributed by atoms with Crippen molar-refractivity contribution >= 4 is 111 Å². The maximum absolute atomic E-state index is 16.6. The zero-order chi connectivity index (χ0) is 36.4. The number of hydrogen-bond acceptors (Lipinski definition) is 3. The summed E-state index contributed by atoms with van der Waals surface area (Å²) < 4.78 is 20.3. The number of anilines is 6. The van der Waals surface area contributed by atoms with Gasteiger partial charge >= 0.3 is 0 Å². The fourth-order valence-electron chi connectivity index (χ4n) is 9.51. The minimum atomic E-state index is -0.262. The molecule has 2 aliphatic rings. The Labute approximate surface area is 321 Å². The lowest BCUT2D eigenvalue weighted by atomic mass is 9.33. The molecule has 0 radical (unpaired) electrons. The summed E-state index contributed by atoms with van der Waals surface area (Å²) in [4.78, 5) is 4.66. The van der Waals surface area contributed by atoms with Gasteiger partial charge in [0, 0.05) is 43.9 Å². The molecule has 0 N–H and O–H groups in total. The van der Waals surface area contributed by atoms with Crippen molar-refractivity contribution in [3.05, 3.63) is 181 Å². The number of hydrogen-bond donors (Lipinski definition) is 0. The molecule has 0 amide bonds. The molecule has 0 spiro atoms. The molecule has 0 atom stereocenters. The molecule has 2 aliphatic heterocycles. The molecule has 258 valence electrons. The topological polar surface area (TPSA) is 11.4 Å². The van der Waals surface area contributed by atoms with E-state index in [9.17, 15) is 0 Å². The summed E-state index contributed by atoms with van der Waals surface area (Å²) in [6.45, 7) is 2.08. The first kappa shape index (κ1) is 30.8. The number of aryl methyl sites for hydroxylation is 1. The average Bonchev–Trinajstić information content (AvgIpc) is 3.84. The van der Waals surface area contributed by atoms with E-state index in [0.29, 0.717) is 5.69 Å². The highest BCUT2D eigenvalue weighted by atomic mass is 32.1. The number of halogens is 1. The van der Waals surface area contributed by atoms with E-state index in [1.54, 1.807) is 23.5 Å². The first-order chi connectivity index (χ1) is 27.2. The van der Waals surface area contributed by atoms with Crippen LogP contribution in [0.5, 0.6) is 0 Å². The number of para-hydroxylation sites is 3. The van der Waals surface area contributed by atoms with E-state index < -0.39 is 0 Å². The Morgan fingerprint density at radius 1 is 0.527 bits per heavy atom. The first-order valence-electron chi connectivity index (χ1n) is 18.7. The zero-order valence-corrected chi connectivity index (χ0v) is 30.7. The number of nitrogens with zero attached hydrogens (tertiary/aromatic N) is 3. The third-order valence-electron chi connectivity index (χ3n) is 11.8. The molecule has 12 rings (SSSR count). The summed E-state index contributed by atoms with van der Waals surface area (Å²) in [7, 11) is 0. The van der Waals surface area contributed by atoms with E-state index >= 15 is 4.39 Å². The van der Waals surface area contributed by atoms with Crippen molar-refractivity contribution in [2.24, 2.45) is 0 Å². The molecule has 4 heterocycles. The molecule has 0 aliphatic carbocycles. The second kappa shape index (κ2) is 11.4. The highest BCUT2D eigenvalue weighted by Crippen LogP contribution is 2.49. The lowest BCUT2D eigenvalue weighted by Crippen LogP contribution is -2.61. The second-order valence-corrected chi connectivity index (χ2v) is 15.6. The Morgan fingerprint density at radius 2 is 1.22 bits per heavy atom. The standard InChI is InChI=1S/C49H31BFN3S/c1-30-12-5-9-18-39(30)53-41-20-11-21-42-45(41)50(46-43(53)25-22-31-26-27-55-49(31)46)37-24-23-35-36-28-32-13-6-7-14-33(32)29-44(36)52(34-15-3-2-4-16-34)47(35)48(37)54(42)40-19-10-8-17-38(40)51/h2-29H,1H3. The maximum Gasteiger partial charge on any atom is 0.254 e. The molecule has 0 fully saturated rings. The van der Waals surface area contributed by atoms with Gasteiger partial charge in [-0.15, -0.1) is 11.3 Å². The minimum Gasteiger partial charge on any atom is -0.311 e. The molecule has 6 heteroatoms. The fourth-order valence-corrected chi connectivity index (χ4v) is 10.5. The smallest absolute Gasteiger partial charge is 0.254 e. The van der Waals surface area contributed by atoms with E-state index in [1.807, 2.05) is 12.1 Å². The number of benzene rings is 8. The van der Waals surface area contributed by atoms with Gasteiger partial charge in [0.15, 0.2) is 0 Å². The lowest BCUT2D eigenvalue weighted by Gasteiger charge is -2.44. The Hall–Kier alpha value is -6.63. The predicted octanol–water partition coefficient (Wildman–Crippen LogP) is 11.7. The first-order valence-corrected chi connectivity index (χ1v) is 19.6. The third-order valence-corrected chi connectivity index (χ3v) is 12.8. The van der Waals surface area contributed by atoms with Crippen LogP contribution < -0.4 is 26.2 Å². The van der Waals surface area contributed by atoms with Crippen molar-refractivity contribution in [3.63, 3.8) is 0 Å². The summed E-state index contributed by atoms with van der Waals surface area (Å²) >= 11 is 1.80. The number of fused-ring (bicyclic) bond motifs is 11. The second-order valence-electron chi connectivity index (χ2n) is 14.7. The van der Waals surface area contributed by atoms with Gasteiger partial charge in [0.05, 0.1) is 22.4 Å². The lowest BCUT2D eigenvalue weighted by molar-refractivity contribution is 0.629. The summed E-state index contributed by atoms with van der Waals surface area (Å²) in [5, 5.41) is 8.13. The summed E-state index contributed by atoms with van der Waals surface area (Å²) in [6.07, 6.45) is 0. The molecule has 55 heavy (non-hydrogen) atoms. The van der Waals surface area contributed by atoms with Crippen LogP contribution >= 0.6 is 11.3 Å². The van der Waals surface area contributed by atoms with E-state index in [2.05, 4.69) is 166 Å². The van der Waals surface area contributed by atoms with E-state index in [0.717, 1.165) is 50.3 Å². The number of aromatic nitrogens is 1. The predicted molar refractivity (Wildman–Crippen MR) is 232 cm³/mol. The summed E-state index contributed by atoms with van der Waals surface area (Å²) in [6, 6.07) is 57.8. The maximum atomic E-state index is 16.6. The van der Waals surface area contributed by atoms with Crippen molar-refractivity contribution in [2.45, 2.75) is 6.92 Å². The minimum absolute atomic E-state index is 0.104. The van der Waals surface area contributed by atoms with Gasteiger partial charge < -0.3 is 14.4 Å². The van der Waals surface area contributed by atoms with Crippen LogP contribution in [-0.2, 0) is 0 Å². The zero-order valence-electron chi connectivity index (χ0n) is 29.9. The molecule has 10 aromatic rings. The Kier molecular flexibility index (Phi) is 6.41. The molecular weight excluding hydrogens is 692 g/mol. The van der Waals surface area contributed by atoms with Gasteiger partial charge in [-0.1, -0.05) is 97.1 Å². The fraction of sp³-hybridized carbons (Fsp3) is 0.0204. The van der Waals surface area contributed by atoms with E-state index in [1.165, 1.54) is 48.4 Å². The summed E-state index contributed by atoms with van der Waals surface area (Å²) in [5.41, 5.74) is 14.0. The molecule has 0 saturated heterocycles. The Morgan fingerprint density at radius 3 is 2.04 bits per heavy atom. The molecule has 3 nitrogen and oxygen atoms in total. The van der Waals surface area contributed by atoms with Crippen LogP contribution in [0.15, 0.2) is 169 Å². The van der Waals surface area contributed by atoms with Gasteiger partial charge in [-0.2, -0.15) is 0 Å². The molecule has 0 saturated carbocycles. The van der Waals surface area contributed by atoms with Crippen molar-refractivity contribution in [2.75, 3.05) is 9.80 Å². The highest BCUT2D eigenvalue weighted by molar-refractivity contribution is 7.20. The van der Waals surface area contributed by atoms with E-state index in [-0.39, 0.29) is 12.5 Å². The van der Waals surface area contributed by atoms with Gasteiger partial charge in [0.1, 0.15) is 5.82 Å². The van der Waals surface area contributed by atoms with Crippen LogP contribution in [0.2, 0.25) is 0 Å².